The molecule has 1 aromatic rings. The van der Waals surface area contributed by atoms with Crippen molar-refractivity contribution >= 4 is 23.1 Å². The first-order chi connectivity index (χ1) is 6.79. The fourth-order valence-corrected chi connectivity index (χ4v) is 1.19. The maximum Gasteiger partial charge on any atom is 0.224 e. The number of aryl methyl sites for hydroxylation is 1. The number of nitrogen functional groups attached to an aromatic ring is 1. The average molecular weight is 231 g/mol. The van der Waals surface area contributed by atoms with E-state index in [9.17, 15) is 5.11 Å². The summed E-state index contributed by atoms with van der Waals surface area (Å²) >= 11 is 5.69. The second-order valence-electron chi connectivity index (χ2n) is 4.01. The maximum atomic E-state index is 9.53. The predicted octanol–water partition coefficient (Wildman–Crippen LogP) is 1.20. The normalized spacial score (nSPS) is 11.5. The highest BCUT2D eigenvalue weighted by molar-refractivity contribution is 6.28. The van der Waals surface area contributed by atoms with E-state index in [-0.39, 0.29) is 5.28 Å². The Labute approximate surface area is 93.7 Å². The molecule has 4 N–H and O–H groups in total. The van der Waals surface area contributed by atoms with Crippen LogP contribution in [0.4, 0.5) is 11.5 Å². The minimum absolute atomic E-state index is 0.139. The van der Waals surface area contributed by atoms with Crippen molar-refractivity contribution in [2.45, 2.75) is 26.4 Å². The van der Waals surface area contributed by atoms with Crippen molar-refractivity contribution in [1.29, 1.82) is 0 Å². The van der Waals surface area contributed by atoms with Crippen molar-refractivity contribution in [2.75, 3.05) is 17.6 Å². The van der Waals surface area contributed by atoms with E-state index in [4.69, 9.17) is 17.3 Å². The molecular formula is C9H15ClN4O. The van der Waals surface area contributed by atoms with Crippen molar-refractivity contribution in [3.05, 3.63) is 11.0 Å². The Hall–Kier alpha value is -1.07. The first kappa shape index (κ1) is 12.0. The minimum Gasteiger partial charge on any atom is -0.394 e. The fraction of sp³-hybridized carbons (Fsp3) is 0.556. The molecule has 0 spiro atoms. The van der Waals surface area contributed by atoms with Crippen LogP contribution in [0.15, 0.2) is 0 Å². The first-order valence-electron chi connectivity index (χ1n) is 4.55. The zero-order valence-corrected chi connectivity index (χ0v) is 9.76. The average Bonchev–Trinajstić information content (AvgIpc) is 2.07. The van der Waals surface area contributed by atoms with Gasteiger partial charge in [-0.2, -0.15) is 4.98 Å². The molecule has 0 aliphatic carbocycles. The Morgan fingerprint density at radius 1 is 1.47 bits per heavy atom. The van der Waals surface area contributed by atoms with Crippen LogP contribution in [0.1, 0.15) is 19.5 Å². The lowest BCUT2D eigenvalue weighted by molar-refractivity contribution is 0.0944. The first-order valence-corrected chi connectivity index (χ1v) is 4.93. The largest absolute Gasteiger partial charge is 0.394 e. The fourth-order valence-electron chi connectivity index (χ4n) is 0.982. The van der Waals surface area contributed by atoms with Gasteiger partial charge in [-0.25, -0.2) is 4.98 Å². The van der Waals surface area contributed by atoms with Crippen LogP contribution in [0.3, 0.4) is 0 Å². The van der Waals surface area contributed by atoms with Crippen LogP contribution in [0.25, 0.3) is 0 Å². The molecule has 1 aromatic heterocycles. The summed E-state index contributed by atoms with van der Waals surface area (Å²) in [6, 6.07) is 0. The van der Waals surface area contributed by atoms with Crippen LogP contribution in [0.5, 0.6) is 0 Å². The van der Waals surface area contributed by atoms with Gasteiger partial charge in [0.15, 0.2) is 5.82 Å². The molecule has 1 heterocycles. The van der Waals surface area contributed by atoms with E-state index in [0.717, 1.165) is 0 Å². The number of hydrogen-bond donors (Lipinski definition) is 3. The molecule has 0 amide bonds. The molecule has 5 nitrogen and oxygen atoms in total. The summed E-state index contributed by atoms with van der Waals surface area (Å²) in [6.45, 7) is 5.46. The molecule has 0 bridgehead atoms. The molecule has 1 rings (SSSR count). The van der Waals surface area contributed by atoms with Crippen LogP contribution < -0.4 is 11.1 Å². The van der Waals surface area contributed by atoms with E-state index >= 15 is 0 Å². The molecule has 6 heteroatoms. The van der Waals surface area contributed by atoms with Crippen molar-refractivity contribution in [3.8, 4) is 0 Å². The third kappa shape index (κ3) is 3.53. The second-order valence-corrected chi connectivity index (χ2v) is 4.34. The topological polar surface area (TPSA) is 84.1 Å². The zero-order chi connectivity index (χ0) is 11.6. The maximum absolute atomic E-state index is 9.53. The van der Waals surface area contributed by atoms with E-state index in [0.29, 0.717) is 23.7 Å². The second kappa shape index (κ2) is 4.20. The smallest absolute Gasteiger partial charge is 0.224 e. The van der Waals surface area contributed by atoms with E-state index in [1.54, 1.807) is 20.8 Å². The van der Waals surface area contributed by atoms with Gasteiger partial charge in [0.2, 0.25) is 5.28 Å². The third-order valence-electron chi connectivity index (χ3n) is 1.80. The van der Waals surface area contributed by atoms with Gasteiger partial charge in [-0.3, -0.25) is 0 Å². The third-order valence-corrected chi connectivity index (χ3v) is 1.97. The van der Waals surface area contributed by atoms with Gasteiger partial charge in [0.25, 0.3) is 0 Å². The standard InChI is InChI=1S/C9H15ClN4O/c1-5-6(11)7(14-8(10)13-5)12-4-9(2,3)15/h15H,4,11H2,1-3H3,(H,12,13,14). The molecule has 0 unspecified atom stereocenters. The molecule has 0 radical (unpaired) electrons. The molecule has 0 aliphatic rings. The zero-order valence-electron chi connectivity index (χ0n) is 9.00. The molecule has 0 atom stereocenters. The summed E-state index contributed by atoms with van der Waals surface area (Å²) in [7, 11) is 0. The van der Waals surface area contributed by atoms with Gasteiger partial charge in [-0.15, -0.1) is 0 Å². The number of aliphatic hydroxyl groups is 1. The van der Waals surface area contributed by atoms with Gasteiger partial charge in [-0.1, -0.05) is 0 Å². The number of nitrogens with one attached hydrogen (secondary N) is 1. The van der Waals surface area contributed by atoms with Crippen LogP contribution in [0.2, 0.25) is 5.28 Å². The number of nitrogens with two attached hydrogens (primary N) is 1. The van der Waals surface area contributed by atoms with Gasteiger partial charge in [0.05, 0.1) is 17.0 Å². The summed E-state index contributed by atoms with van der Waals surface area (Å²) in [5.41, 5.74) is 5.98. The quantitative estimate of drug-likeness (QED) is 0.680. The molecule has 84 valence electrons. The van der Waals surface area contributed by atoms with Crippen molar-refractivity contribution < 1.29 is 5.11 Å². The van der Waals surface area contributed by atoms with Crippen LogP contribution in [-0.2, 0) is 0 Å². The SMILES string of the molecule is Cc1nc(Cl)nc(NCC(C)(C)O)c1N. The van der Waals surface area contributed by atoms with Gasteiger partial charge in [0.1, 0.15) is 0 Å². The van der Waals surface area contributed by atoms with E-state index in [2.05, 4.69) is 15.3 Å². The van der Waals surface area contributed by atoms with Crippen LogP contribution >= 0.6 is 11.6 Å². The van der Waals surface area contributed by atoms with Gasteiger partial charge >= 0.3 is 0 Å². The van der Waals surface area contributed by atoms with Crippen molar-refractivity contribution in [3.63, 3.8) is 0 Å². The molecule has 0 aromatic carbocycles. The highest BCUT2D eigenvalue weighted by Gasteiger charge is 2.14. The Kier molecular flexibility index (Phi) is 3.36. The lowest BCUT2D eigenvalue weighted by atomic mass is 10.1. The van der Waals surface area contributed by atoms with Crippen molar-refractivity contribution in [2.24, 2.45) is 0 Å². The van der Waals surface area contributed by atoms with Crippen molar-refractivity contribution in [1.82, 2.24) is 9.97 Å². The highest BCUT2D eigenvalue weighted by atomic mass is 35.5. The Morgan fingerprint density at radius 2 is 2.07 bits per heavy atom. The van der Waals surface area contributed by atoms with E-state index < -0.39 is 5.60 Å². The molecular weight excluding hydrogens is 216 g/mol. The number of anilines is 2. The van der Waals surface area contributed by atoms with Crippen LogP contribution in [0, 0.1) is 6.92 Å². The summed E-state index contributed by atoms with van der Waals surface area (Å²) in [4.78, 5) is 7.85. The number of aromatic nitrogens is 2. The highest BCUT2D eigenvalue weighted by Crippen LogP contribution is 2.20. The van der Waals surface area contributed by atoms with E-state index in [1.807, 2.05) is 0 Å². The number of hydrogen-bond acceptors (Lipinski definition) is 5. The molecule has 15 heavy (non-hydrogen) atoms. The Bertz CT molecular complexity index is 362. The van der Waals surface area contributed by atoms with Gasteiger partial charge < -0.3 is 16.2 Å². The molecule has 0 fully saturated rings. The summed E-state index contributed by atoms with van der Waals surface area (Å²) in [6.07, 6.45) is 0. The van der Waals surface area contributed by atoms with Gasteiger partial charge in [-0.05, 0) is 32.4 Å². The molecule has 0 saturated heterocycles. The predicted molar refractivity (Wildman–Crippen MR) is 61.0 cm³/mol. The number of rotatable bonds is 3. The van der Waals surface area contributed by atoms with E-state index in [1.165, 1.54) is 0 Å². The summed E-state index contributed by atoms with van der Waals surface area (Å²) in [5, 5.41) is 12.6. The van der Waals surface area contributed by atoms with Crippen LogP contribution in [-0.4, -0.2) is 27.2 Å². The summed E-state index contributed by atoms with van der Waals surface area (Å²) < 4.78 is 0. The molecule has 0 aliphatic heterocycles. The Morgan fingerprint density at radius 3 is 2.60 bits per heavy atom. The number of halogens is 1. The lowest BCUT2D eigenvalue weighted by Gasteiger charge is -2.19. The minimum atomic E-state index is -0.836. The van der Waals surface area contributed by atoms with Gasteiger partial charge in [0, 0.05) is 6.54 Å². The lowest BCUT2D eigenvalue weighted by Crippen LogP contribution is -2.30. The monoisotopic (exact) mass is 230 g/mol. The number of nitrogens with zero attached hydrogens (tertiary/aromatic N) is 2. The summed E-state index contributed by atoms with van der Waals surface area (Å²) in [5.74, 6) is 0.453. The molecule has 0 saturated carbocycles. The Balaban J connectivity index is 2.86.